The van der Waals surface area contributed by atoms with E-state index in [1.165, 1.54) is 33.1 Å². The van der Waals surface area contributed by atoms with Crippen LogP contribution in [-0.2, 0) is 31.3 Å². The van der Waals surface area contributed by atoms with Gasteiger partial charge in [-0.15, -0.1) is 0 Å². The van der Waals surface area contributed by atoms with E-state index < -0.39 is 28.5 Å². The normalized spacial score (nSPS) is 14.6. The lowest BCUT2D eigenvalue weighted by Crippen LogP contribution is -2.40. The smallest absolute Gasteiger partial charge is 0.355 e. The number of esters is 1. The molecular formula is C20H22N4O6S. The van der Waals surface area contributed by atoms with Crippen molar-refractivity contribution in [2.45, 2.75) is 4.90 Å². The van der Waals surface area contributed by atoms with E-state index in [4.69, 9.17) is 14.7 Å². The summed E-state index contributed by atoms with van der Waals surface area (Å²) in [6.07, 6.45) is 1.33. The molecule has 2 aromatic rings. The van der Waals surface area contributed by atoms with Crippen molar-refractivity contribution in [1.82, 2.24) is 8.87 Å². The van der Waals surface area contributed by atoms with Crippen LogP contribution in [0.25, 0.3) is 0 Å². The van der Waals surface area contributed by atoms with Crippen LogP contribution in [0.15, 0.2) is 47.5 Å². The molecular weight excluding hydrogens is 424 g/mol. The van der Waals surface area contributed by atoms with Gasteiger partial charge >= 0.3 is 5.97 Å². The Morgan fingerprint density at radius 1 is 1.23 bits per heavy atom. The SMILES string of the molecule is Cn1cc(S(=O)(=O)N2CCOCC2)cc1C(=O)OCC(=O)N(CC#N)c1ccccc1. The molecule has 10 nitrogen and oxygen atoms in total. The average Bonchev–Trinajstić information content (AvgIpc) is 3.19. The molecule has 11 heteroatoms. The lowest BCUT2D eigenvalue weighted by molar-refractivity contribution is -0.121. The highest BCUT2D eigenvalue weighted by Crippen LogP contribution is 2.20. The Hall–Kier alpha value is -3.20. The first kappa shape index (κ1) is 22.5. The fourth-order valence-electron chi connectivity index (χ4n) is 3.10. The zero-order chi connectivity index (χ0) is 22.4. The van der Waals surface area contributed by atoms with Gasteiger partial charge < -0.3 is 14.0 Å². The van der Waals surface area contributed by atoms with Crippen LogP contribution in [0, 0.1) is 11.3 Å². The number of para-hydroxylation sites is 1. The van der Waals surface area contributed by atoms with Gasteiger partial charge in [0.05, 0.1) is 19.3 Å². The molecule has 0 bridgehead atoms. The summed E-state index contributed by atoms with van der Waals surface area (Å²) in [6, 6.07) is 11.7. The molecule has 0 spiro atoms. The van der Waals surface area contributed by atoms with Crippen molar-refractivity contribution in [2.75, 3.05) is 44.4 Å². The van der Waals surface area contributed by atoms with Gasteiger partial charge in [0.15, 0.2) is 6.61 Å². The number of amides is 1. The maximum absolute atomic E-state index is 12.8. The van der Waals surface area contributed by atoms with E-state index >= 15 is 0 Å². The van der Waals surface area contributed by atoms with Gasteiger partial charge in [-0.3, -0.25) is 9.69 Å². The molecule has 1 aliphatic heterocycles. The lowest BCUT2D eigenvalue weighted by atomic mass is 10.3. The number of hydrogen-bond acceptors (Lipinski definition) is 7. The minimum atomic E-state index is -3.77. The Morgan fingerprint density at radius 3 is 2.55 bits per heavy atom. The predicted octanol–water partition coefficient (Wildman–Crippen LogP) is 0.760. The summed E-state index contributed by atoms with van der Waals surface area (Å²) >= 11 is 0. The number of nitrogens with zero attached hydrogens (tertiary/aromatic N) is 4. The fraction of sp³-hybridized carbons (Fsp3) is 0.350. The summed E-state index contributed by atoms with van der Waals surface area (Å²) in [5.74, 6) is -1.42. The molecule has 0 radical (unpaired) electrons. The Labute approximate surface area is 180 Å². The third kappa shape index (κ3) is 5.11. The molecule has 0 saturated carbocycles. The van der Waals surface area contributed by atoms with Crippen molar-refractivity contribution in [1.29, 1.82) is 5.26 Å². The third-order valence-electron chi connectivity index (χ3n) is 4.72. The zero-order valence-electron chi connectivity index (χ0n) is 16.9. The highest BCUT2D eigenvalue weighted by Gasteiger charge is 2.29. The van der Waals surface area contributed by atoms with Crippen molar-refractivity contribution in [3.8, 4) is 6.07 Å². The van der Waals surface area contributed by atoms with E-state index in [0.29, 0.717) is 18.9 Å². The van der Waals surface area contributed by atoms with E-state index in [2.05, 4.69) is 0 Å². The van der Waals surface area contributed by atoms with Crippen molar-refractivity contribution in [3.63, 3.8) is 0 Å². The van der Waals surface area contributed by atoms with Gasteiger partial charge in [-0.25, -0.2) is 13.2 Å². The average molecular weight is 446 g/mol. The zero-order valence-corrected chi connectivity index (χ0v) is 17.7. The van der Waals surface area contributed by atoms with Crippen LogP contribution >= 0.6 is 0 Å². The van der Waals surface area contributed by atoms with Crippen LogP contribution < -0.4 is 4.90 Å². The first-order valence-electron chi connectivity index (χ1n) is 9.48. The minimum Gasteiger partial charge on any atom is -0.451 e. The lowest BCUT2D eigenvalue weighted by Gasteiger charge is -2.25. The Morgan fingerprint density at radius 2 is 1.90 bits per heavy atom. The van der Waals surface area contributed by atoms with Crippen molar-refractivity contribution < 1.29 is 27.5 Å². The Balaban J connectivity index is 1.69. The monoisotopic (exact) mass is 446 g/mol. The van der Waals surface area contributed by atoms with E-state index in [9.17, 15) is 18.0 Å². The Bertz CT molecular complexity index is 1080. The highest BCUT2D eigenvalue weighted by molar-refractivity contribution is 7.89. The van der Waals surface area contributed by atoms with Crippen molar-refractivity contribution in [2.24, 2.45) is 7.05 Å². The van der Waals surface area contributed by atoms with Gasteiger partial charge in [-0.2, -0.15) is 9.57 Å². The number of nitriles is 1. The largest absolute Gasteiger partial charge is 0.451 e. The molecule has 0 unspecified atom stereocenters. The number of benzene rings is 1. The summed E-state index contributed by atoms with van der Waals surface area (Å²) in [6.45, 7) is 0.297. The minimum absolute atomic E-state index is 0.00817. The molecule has 0 N–H and O–H groups in total. The molecule has 1 saturated heterocycles. The van der Waals surface area contributed by atoms with Gasteiger partial charge in [-0.1, -0.05) is 18.2 Å². The standard InChI is InChI=1S/C20H22N4O6S/c1-22-14-17(31(27,28)23-9-11-29-12-10-23)13-18(22)20(26)30-15-19(25)24(8-7-21)16-5-3-2-4-6-16/h2-6,13-14H,8-12,15H2,1H3. The summed E-state index contributed by atoms with van der Waals surface area (Å²) in [5.41, 5.74) is 0.494. The van der Waals surface area contributed by atoms with Crippen molar-refractivity contribution in [3.05, 3.63) is 48.3 Å². The quantitative estimate of drug-likeness (QED) is 0.455. The van der Waals surface area contributed by atoms with Gasteiger partial charge in [0, 0.05) is 32.0 Å². The Kier molecular flexibility index (Phi) is 7.06. The number of ether oxygens (including phenoxy) is 2. The number of carbonyl (C=O) groups is 2. The number of aromatic nitrogens is 1. The third-order valence-corrected chi connectivity index (χ3v) is 6.59. The van der Waals surface area contributed by atoms with Crippen LogP contribution in [0.3, 0.4) is 0 Å². The fourth-order valence-corrected chi connectivity index (χ4v) is 4.58. The van der Waals surface area contributed by atoms with E-state index in [1.54, 1.807) is 30.3 Å². The topological polar surface area (TPSA) is 122 Å². The maximum atomic E-state index is 12.8. The van der Waals surface area contributed by atoms with Crippen LogP contribution in [0.4, 0.5) is 5.69 Å². The second kappa shape index (κ2) is 9.74. The molecule has 3 rings (SSSR count). The summed E-state index contributed by atoms with van der Waals surface area (Å²) < 4.78 is 38.5. The second-order valence-electron chi connectivity index (χ2n) is 6.74. The number of anilines is 1. The van der Waals surface area contributed by atoms with Crippen LogP contribution in [0.1, 0.15) is 10.5 Å². The summed E-state index contributed by atoms with van der Waals surface area (Å²) in [4.78, 5) is 26.2. The first-order chi connectivity index (χ1) is 14.8. The van der Waals surface area contributed by atoms with E-state index in [1.807, 2.05) is 6.07 Å². The summed E-state index contributed by atoms with van der Waals surface area (Å²) in [7, 11) is -2.26. The van der Waals surface area contributed by atoms with Gasteiger partial charge in [0.1, 0.15) is 17.1 Å². The van der Waals surface area contributed by atoms with E-state index in [-0.39, 0.29) is 30.2 Å². The van der Waals surface area contributed by atoms with Crippen LogP contribution in [0.5, 0.6) is 0 Å². The van der Waals surface area contributed by atoms with Crippen molar-refractivity contribution >= 4 is 27.6 Å². The summed E-state index contributed by atoms with van der Waals surface area (Å²) in [5, 5.41) is 9.00. The number of carbonyl (C=O) groups excluding carboxylic acids is 2. The molecule has 0 atom stereocenters. The number of aryl methyl sites for hydroxylation is 1. The van der Waals surface area contributed by atoms with Gasteiger partial charge in [0.2, 0.25) is 10.0 Å². The molecule has 1 amide bonds. The molecule has 0 aliphatic carbocycles. The number of sulfonamides is 1. The van der Waals surface area contributed by atoms with Crippen LogP contribution in [0.2, 0.25) is 0 Å². The molecule has 2 heterocycles. The number of hydrogen-bond donors (Lipinski definition) is 0. The molecule has 1 aliphatic rings. The number of rotatable bonds is 7. The molecule has 164 valence electrons. The number of morpholine rings is 1. The highest BCUT2D eigenvalue weighted by atomic mass is 32.2. The molecule has 1 aromatic heterocycles. The van der Waals surface area contributed by atoms with Gasteiger partial charge in [-0.05, 0) is 18.2 Å². The van der Waals surface area contributed by atoms with E-state index in [0.717, 1.165) is 0 Å². The molecule has 1 aromatic carbocycles. The van der Waals surface area contributed by atoms with Gasteiger partial charge in [0.25, 0.3) is 5.91 Å². The predicted molar refractivity (Wildman–Crippen MR) is 110 cm³/mol. The van der Waals surface area contributed by atoms with Crippen LogP contribution in [-0.4, -0.2) is 68.6 Å². The first-order valence-corrected chi connectivity index (χ1v) is 10.9. The second-order valence-corrected chi connectivity index (χ2v) is 8.68. The molecule has 1 fully saturated rings. The molecule has 31 heavy (non-hydrogen) atoms. The maximum Gasteiger partial charge on any atom is 0.355 e.